The number of rotatable bonds is 2. The van der Waals surface area contributed by atoms with E-state index in [9.17, 15) is 4.79 Å². The second kappa shape index (κ2) is 4.93. The molecule has 0 radical (unpaired) electrons. The van der Waals surface area contributed by atoms with Crippen LogP contribution in [0.5, 0.6) is 0 Å². The molecular formula is C15H25NO2. The van der Waals surface area contributed by atoms with Crippen LogP contribution in [-0.4, -0.2) is 42.0 Å². The maximum absolute atomic E-state index is 11.3. The Bertz CT molecular complexity index is 314. The van der Waals surface area contributed by atoms with Crippen LogP contribution in [0.15, 0.2) is 0 Å². The molecule has 1 saturated heterocycles. The lowest BCUT2D eigenvalue weighted by Gasteiger charge is -2.50. The Balaban J connectivity index is 1.58. The molecule has 1 unspecified atom stereocenters. The van der Waals surface area contributed by atoms with Gasteiger partial charge in [0.25, 0.3) is 0 Å². The summed E-state index contributed by atoms with van der Waals surface area (Å²) >= 11 is 0. The minimum Gasteiger partial charge on any atom is -0.375 e. The average Bonchev–Trinajstić information content (AvgIpc) is 2.37. The summed E-state index contributed by atoms with van der Waals surface area (Å²) in [6.45, 7) is 0.931. The summed E-state index contributed by atoms with van der Waals surface area (Å²) in [4.78, 5) is 13.9. The van der Waals surface area contributed by atoms with Crippen LogP contribution in [0.3, 0.4) is 0 Å². The average molecular weight is 251 g/mol. The zero-order valence-electron chi connectivity index (χ0n) is 11.5. The van der Waals surface area contributed by atoms with Gasteiger partial charge < -0.3 is 9.64 Å². The number of carbonyl (C=O) groups excluding carboxylic acids is 1. The van der Waals surface area contributed by atoms with Gasteiger partial charge >= 0.3 is 0 Å². The third-order valence-electron chi connectivity index (χ3n) is 5.40. The lowest BCUT2D eigenvalue weighted by molar-refractivity contribution is -0.151. The SMILES string of the molecule is CN(C1CCC(=O)CC1)C1CCOC2(CCC2)C1. The number of carbonyl (C=O) groups is 1. The smallest absolute Gasteiger partial charge is 0.133 e. The number of ketones is 1. The normalized spacial score (nSPS) is 32.8. The monoisotopic (exact) mass is 251 g/mol. The lowest BCUT2D eigenvalue weighted by Crippen LogP contribution is -2.53. The first kappa shape index (κ1) is 12.6. The molecule has 1 heterocycles. The van der Waals surface area contributed by atoms with Crippen molar-refractivity contribution in [1.82, 2.24) is 4.90 Å². The molecule has 3 nitrogen and oxygen atoms in total. The quantitative estimate of drug-likeness (QED) is 0.755. The maximum atomic E-state index is 11.3. The van der Waals surface area contributed by atoms with Gasteiger partial charge in [0, 0.05) is 31.5 Å². The third-order valence-corrected chi connectivity index (χ3v) is 5.40. The Kier molecular flexibility index (Phi) is 3.46. The Hall–Kier alpha value is -0.410. The summed E-state index contributed by atoms with van der Waals surface area (Å²) in [5.41, 5.74) is 0.238. The standard InChI is InChI=1S/C15H25NO2/c1-16(12-3-5-14(17)6-4-12)13-7-10-18-15(11-13)8-2-9-15/h12-13H,2-11H2,1H3. The Morgan fingerprint density at radius 1 is 1.17 bits per heavy atom. The lowest BCUT2D eigenvalue weighted by atomic mass is 9.73. The van der Waals surface area contributed by atoms with Gasteiger partial charge in [-0.15, -0.1) is 0 Å². The van der Waals surface area contributed by atoms with Crippen LogP contribution in [0.4, 0.5) is 0 Å². The number of ether oxygens (including phenoxy) is 1. The van der Waals surface area contributed by atoms with Crippen molar-refractivity contribution >= 4 is 5.78 Å². The van der Waals surface area contributed by atoms with Crippen LogP contribution in [0.25, 0.3) is 0 Å². The van der Waals surface area contributed by atoms with E-state index in [1.54, 1.807) is 0 Å². The van der Waals surface area contributed by atoms with Crippen LogP contribution in [-0.2, 0) is 9.53 Å². The summed E-state index contributed by atoms with van der Waals surface area (Å²) in [5.74, 6) is 0.460. The fraction of sp³-hybridized carbons (Fsp3) is 0.933. The zero-order chi connectivity index (χ0) is 12.6. The molecule has 3 heteroatoms. The number of Topliss-reactive ketones (excluding diaryl/α,β-unsaturated/α-hetero) is 1. The number of nitrogens with zero attached hydrogens (tertiary/aromatic N) is 1. The summed E-state index contributed by atoms with van der Waals surface area (Å²) in [7, 11) is 2.27. The van der Waals surface area contributed by atoms with E-state index in [0.717, 1.165) is 32.3 Å². The predicted octanol–water partition coefficient (Wildman–Crippen LogP) is 2.53. The van der Waals surface area contributed by atoms with Gasteiger partial charge in [0.05, 0.1) is 5.60 Å². The molecule has 0 aromatic rings. The van der Waals surface area contributed by atoms with Gasteiger partial charge in [0.15, 0.2) is 0 Å². The molecule has 0 bridgehead atoms. The Labute approximate surface area is 110 Å². The third kappa shape index (κ3) is 2.35. The van der Waals surface area contributed by atoms with Crippen molar-refractivity contribution in [2.45, 2.75) is 75.5 Å². The highest BCUT2D eigenvalue weighted by molar-refractivity contribution is 5.79. The summed E-state index contributed by atoms with van der Waals surface area (Å²) in [6, 6.07) is 1.31. The zero-order valence-corrected chi connectivity index (χ0v) is 11.5. The molecule has 18 heavy (non-hydrogen) atoms. The highest BCUT2D eigenvalue weighted by Gasteiger charge is 2.44. The van der Waals surface area contributed by atoms with E-state index < -0.39 is 0 Å². The molecular weight excluding hydrogens is 226 g/mol. The van der Waals surface area contributed by atoms with Crippen molar-refractivity contribution in [2.24, 2.45) is 0 Å². The molecule has 0 aromatic carbocycles. The molecule has 2 aliphatic carbocycles. The molecule has 1 atom stereocenters. The van der Waals surface area contributed by atoms with Crippen molar-refractivity contribution in [1.29, 1.82) is 0 Å². The fourth-order valence-corrected chi connectivity index (χ4v) is 3.90. The van der Waals surface area contributed by atoms with Gasteiger partial charge in [0.2, 0.25) is 0 Å². The van der Waals surface area contributed by atoms with Crippen molar-refractivity contribution in [3.05, 3.63) is 0 Å². The summed E-state index contributed by atoms with van der Waals surface area (Å²) in [6.07, 6.45) is 9.98. The van der Waals surface area contributed by atoms with Gasteiger partial charge in [-0.3, -0.25) is 4.79 Å². The van der Waals surface area contributed by atoms with Crippen LogP contribution < -0.4 is 0 Å². The predicted molar refractivity (Wildman–Crippen MR) is 70.6 cm³/mol. The van der Waals surface area contributed by atoms with E-state index in [1.807, 2.05) is 0 Å². The molecule has 0 aromatic heterocycles. The summed E-state index contributed by atoms with van der Waals surface area (Å²) < 4.78 is 6.01. The second-order valence-electron chi connectivity index (χ2n) is 6.47. The Morgan fingerprint density at radius 3 is 2.50 bits per heavy atom. The molecule has 3 rings (SSSR count). The van der Waals surface area contributed by atoms with E-state index in [0.29, 0.717) is 17.9 Å². The van der Waals surface area contributed by atoms with E-state index >= 15 is 0 Å². The van der Waals surface area contributed by atoms with Gasteiger partial charge in [-0.1, -0.05) is 0 Å². The van der Waals surface area contributed by atoms with Gasteiger partial charge in [-0.2, -0.15) is 0 Å². The first-order chi connectivity index (χ1) is 8.69. The Morgan fingerprint density at radius 2 is 1.89 bits per heavy atom. The molecule has 0 N–H and O–H groups in total. The summed E-state index contributed by atoms with van der Waals surface area (Å²) in [5, 5.41) is 0. The first-order valence-corrected chi connectivity index (χ1v) is 7.56. The van der Waals surface area contributed by atoms with Gasteiger partial charge in [-0.25, -0.2) is 0 Å². The largest absolute Gasteiger partial charge is 0.375 e. The molecule has 102 valence electrons. The van der Waals surface area contributed by atoms with Crippen LogP contribution in [0.1, 0.15) is 57.8 Å². The van der Waals surface area contributed by atoms with E-state index in [4.69, 9.17) is 4.74 Å². The molecule has 2 saturated carbocycles. The molecule has 3 aliphatic rings. The van der Waals surface area contributed by atoms with Crippen LogP contribution in [0, 0.1) is 0 Å². The molecule has 0 amide bonds. The minimum absolute atomic E-state index is 0.238. The van der Waals surface area contributed by atoms with E-state index in [-0.39, 0.29) is 5.60 Å². The topological polar surface area (TPSA) is 29.5 Å². The van der Waals surface area contributed by atoms with Crippen molar-refractivity contribution in [3.8, 4) is 0 Å². The maximum Gasteiger partial charge on any atom is 0.133 e. The fourth-order valence-electron chi connectivity index (χ4n) is 3.90. The van der Waals surface area contributed by atoms with E-state index in [2.05, 4.69) is 11.9 Å². The van der Waals surface area contributed by atoms with Crippen molar-refractivity contribution < 1.29 is 9.53 Å². The van der Waals surface area contributed by atoms with Gasteiger partial charge in [-0.05, 0) is 52.0 Å². The second-order valence-corrected chi connectivity index (χ2v) is 6.47. The van der Waals surface area contributed by atoms with Crippen LogP contribution in [0.2, 0.25) is 0 Å². The van der Waals surface area contributed by atoms with Crippen molar-refractivity contribution in [3.63, 3.8) is 0 Å². The van der Waals surface area contributed by atoms with Crippen LogP contribution >= 0.6 is 0 Å². The number of hydrogen-bond acceptors (Lipinski definition) is 3. The molecule has 1 spiro atoms. The highest BCUT2D eigenvalue weighted by Crippen LogP contribution is 2.43. The molecule has 3 fully saturated rings. The number of hydrogen-bond donors (Lipinski definition) is 0. The minimum atomic E-state index is 0.238. The molecule has 1 aliphatic heterocycles. The van der Waals surface area contributed by atoms with Gasteiger partial charge in [0.1, 0.15) is 5.78 Å². The van der Waals surface area contributed by atoms with Crippen molar-refractivity contribution in [2.75, 3.05) is 13.7 Å². The first-order valence-electron chi connectivity index (χ1n) is 7.56. The highest BCUT2D eigenvalue weighted by atomic mass is 16.5. The van der Waals surface area contributed by atoms with E-state index in [1.165, 1.54) is 32.1 Å².